The molecular weight excluding hydrogens is 246 g/mol. The first-order valence-corrected chi connectivity index (χ1v) is 7.43. The average molecular weight is 267 g/mol. The number of ether oxygens (including phenoxy) is 1. The number of hydrogen-bond donors (Lipinski definition) is 0. The van der Waals surface area contributed by atoms with Gasteiger partial charge in [-0.1, -0.05) is 13.3 Å². The number of ketones is 1. The number of nitrogens with zero attached hydrogens (tertiary/aromatic N) is 1. The predicted octanol–water partition coefficient (Wildman–Crippen LogP) is 3.16. The number of rotatable bonds is 4. The van der Waals surface area contributed by atoms with Crippen molar-refractivity contribution in [3.05, 3.63) is 16.1 Å². The number of aromatic nitrogens is 1. The smallest absolute Gasteiger partial charge is 0.171 e. The number of thiazole rings is 1. The van der Waals surface area contributed by atoms with Crippen molar-refractivity contribution in [1.82, 2.24) is 4.98 Å². The quantitative estimate of drug-likeness (QED) is 0.841. The molecule has 0 amide bonds. The Hall–Kier alpha value is -0.740. The zero-order valence-electron chi connectivity index (χ0n) is 11.4. The van der Waals surface area contributed by atoms with Gasteiger partial charge in [-0.25, -0.2) is 4.98 Å². The normalized spacial score (nSPS) is 28.3. The van der Waals surface area contributed by atoms with E-state index in [0.29, 0.717) is 12.3 Å². The van der Waals surface area contributed by atoms with E-state index in [0.717, 1.165) is 30.0 Å². The second-order valence-corrected chi connectivity index (χ2v) is 6.33. The number of aryl methyl sites for hydroxylation is 1. The second-order valence-electron chi connectivity index (χ2n) is 5.38. The van der Waals surface area contributed by atoms with Crippen LogP contribution < -0.4 is 0 Å². The Balaban J connectivity index is 2.09. The molecule has 2 atom stereocenters. The van der Waals surface area contributed by atoms with Crippen molar-refractivity contribution in [2.45, 2.75) is 51.6 Å². The second kappa shape index (κ2) is 5.49. The largest absolute Gasteiger partial charge is 0.370 e. The van der Waals surface area contributed by atoms with Crippen molar-refractivity contribution in [3.8, 4) is 0 Å². The van der Waals surface area contributed by atoms with E-state index < -0.39 is 5.60 Å². The van der Waals surface area contributed by atoms with E-state index in [1.54, 1.807) is 18.4 Å². The van der Waals surface area contributed by atoms with E-state index >= 15 is 0 Å². The zero-order chi connectivity index (χ0) is 13.2. The fourth-order valence-electron chi connectivity index (χ4n) is 2.84. The van der Waals surface area contributed by atoms with Gasteiger partial charge in [0.2, 0.25) is 0 Å². The molecule has 0 aliphatic heterocycles. The van der Waals surface area contributed by atoms with Gasteiger partial charge in [0.25, 0.3) is 0 Å². The van der Waals surface area contributed by atoms with Crippen molar-refractivity contribution >= 4 is 17.1 Å². The molecule has 0 bridgehead atoms. The van der Waals surface area contributed by atoms with Crippen LogP contribution in [0.3, 0.4) is 0 Å². The van der Waals surface area contributed by atoms with Gasteiger partial charge in [-0.05, 0) is 32.1 Å². The van der Waals surface area contributed by atoms with Crippen LogP contribution in [-0.2, 0) is 16.0 Å². The molecule has 100 valence electrons. The lowest BCUT2D eigenvalue weighted by Gasteiger charge is -2.37. The maximum atomic E-state index is 12.5. The number of hydrogen-bond acceptors (Lipinski definition) is 4. The van der Waals surface area contributed by atoms with Crippen molar-refractivity contribution in [1.29, 1.82) is 0 Å². The third kappa shape index (κ3) is 2.81. The van der Waals surface area contributed by atoms with Gasteiger partial charge in [0.15, 0.2) is 5.78 Å². The summed E-state index contributed by atoms with van der Waals surface area (Å²) in [6, 6.07) is 0. The third-order valence-corrected chi connectivity index (χ3v) is 4.80. The Morgan fingerprint density at radius 1 is 1.67 bits per heavy atom. The Labute approximate surface area is 113 Å². The molecule has 1 fully saturated rings. The van der Waals surface area contributed by atoms with Crippen LogP contribution in [0.2, 0.25) is 0 Å². The van der Waals surface area contributed by atoms with Crippen LogP contribution in [0.5, 0.6) is 0 Å². The lowest BCUT2D eigenvalue weighted by atomic mass is 9.75. The number of Topliss-reactive ketones (excluding diaryl/α,β-unsaturated/α-hetero) is 1. The van der Waals surface area contributed by atoms with Crippen LogP contribution in [0.1, 0.15) is 43.3 Å². The molecule has 0 saturated heterocycles. The molecule has 18 heavy (non-hydrogen) atoms. The van der Waals surface area contributed by atoms with Crippen molar-refractivity contribution < 1.29 is 9.53 Å². The molecule has 0 spiro atoms. The summed E-state index contributed by atoms with van der Waals surface area (Å²) in [6.45, 7) is 4.16. The minimum atomic E-state index is -0.558. The molecular formula is C14H21NO2S. The summed E-state index contributed by atoms with van der Waals surface area (Å²) in [5.74, 6) is 0.770. The number of methoxy groups -OCH3 is 1. The first-order chi connectivity index (χ1) is 8.55. The molecule has 1 aromatic rings. The molecule has 1 aliphatic rings. The number of carbonyl (C=O) groups is 1. The molecule has 1 aromatic heterocycles. The Bertz CT molecular complexity index is 429. The highest BCUT2D eigenvalue weighted by Gasteiger charge is 2.41. The fraction of sp³-hybridized carbons (Fsp3) is 0.714. The van der Waals surface area contributed by atoms with Crippen molar-refractivity contribution in [3.63, 3.8) is 0 Å². The fourth-order valence-corrected chi connectivity index (χ4v) is 3.61. The van der Waals surface area contributed by atoms with E-state index in [1.807, 2.05) is 12.3 Å². The van der Waals surface area contributed by atoms with Crippen molar-refractivity contribution in [2.75, 3.05) is 7.11 Å². The molecule has 0 radical (unpaired) electrons. The lowest BCUT2D eigenvalue weighted by Crippen LogP contribution is -2.45. The molecule has 2 unspecified atom stereocenters. The summed E-state index contributed by atoms with van der Waals surface area (Å²) >= 11 is 1.56. The van der Waals surface area contributed by atoms with Crippen LogP contribution in [0, 0.1) is 12.8 Å². The van der Waals surface area contributed by atoms with Crippen LogP contribution in [0.15, 0.2) is 5.38 Å². The van der Waals surface area contributed by atoms with Gasteiger partial charge in [0, 0.05) is 18.2 Å². The highest BCUT2D eigenvalue weighted by Crippen LogP contribution is 2.36. The van der Waals surface area contributed by atoms with Crippen LogP contribution in [-0.4, -0.2) is 23.5 Å². The summed E-state index contributed by atoms with van der Waals surface area (Å²) in [6.07, 6.45) is 4.41. The molecule has 3 nitrogen and oxygen atoms in total. The molecule has 2 rings (SSSR count). The van der Waals surface area contributed by atoms with Gasteiger partial charge >= 0.3 is 0 Å². The van der Waals surface area contributed by atoms with Crippen molar-refractivity contribution in [2.24, 2.45) is 5.92 Å². The van der Waals surface area contributed by atoms with Crippen LogP contribution >= 0.6 is 11.3 Å². The van der Waals surface area contributed by atoms with Gasteiger partial charge in [0.1, 0.15) is 10.6 Å². The van der Waals surface area contributed by atoms with Gasteiger partial charge in [-0.15, -0.1) is 11.3 Å². The van der Waals surface area contributed by atoms with Gasteiger partial charge in [-0.2, -0.15) is 0 Å². The van der Waals surface area contributed by atoms with Crippen LogP contribution in [0.25, 0.3) is 0 Å². The minimum Gasteiger partial charge on any atom is -0.370 e. The Morgan fingerprint density at radius 2 is 2.44 bits per heavy atom. The maximum Gasteiger partial charge on any atom is 0.171 e. The number of carbonyl (C=O) groups excluding carboxylic acids is 1. The van der Waals surface area contributed by atoms with E-state index in [9.17, 15) is 4.79 Å². The first-order valence-electron chi connectivity index (χ1n) is 6.55. The van der Waals surface area contributed by atoms with Gasteiger partial charge < -0.3 is 4.74 Å². The average Bonchev–Trinajstić information content (AvgIpc) is 2.74. The molecule has 0 N–H and O–H groups in total. The monoisotopic (exact) mass is 267 g/mol. The summed E-state index contributed by atoms with van der Waals surface area (Å²) in [4.78, 5) is 16.9. The Morgan fingerprint density at radius 3 is 3.00 bits per heavy atom. The lowest BCUT2D eigenvalue weighted by molar-refractivity contribution is -0.146. The summed E-state index contributed by atoms with van der Waals surface area (Å²) in [5.41, 5.74) is 0.434. The molecule has 1 aliphatic carbocycles. The van der Waals surface area contributed by atoms with E-state index in [2.05, 4.69) is 11.9 Å². The summed E-state index contributed by atoms with van der Waals surface area (Å²) in [5, 5.41) is 2.90. The zero-order valence-corrected chi connectivity index (χ0v) is 12.2. The topological polar surface area (TPSA) is 39.2 Å². The van der Waals surface area contributed by atoms with Gasteiger partial charge in [0.05, 0.1) is 6.42 Å². The molecule has 0 aromatic carbocycles. The van der Waals surface area contributed by atoms with Crippen LogP contribution in [0.4, 0.5) is 0 Å². The maximum absolute atomic E-state index is 12.5. The Kier molecular flexibility index (Phi) is 4.17. The molecule has 4 heteroatoms. The van der Waals surface area contributed by atoms with E-state index in [-0.39, 0.29) is 5.78 Å². The standard InChI is InChI=1S/C14H21NO2S/c1-10-5-4-6-14(8-10,17-3)12(16)7-13-15-11(2)9-18-13/h9-10H,4-8H2,1-3H3. The van der Waals surface area contributed by atoms with E-state index in [4.69, 9.17) is 4.74 Å². The van der Waals surface area contributed by atoms with E-state index in [1.165, 1.54) is 6.42 Å². The summed E-state index contributed by atoms with van der Waals surface area (Å²) in [7, 11) is 1.67. The molecule has 1 heterocycles. The van der Waals surface area contributed by atoms with Gasteiger partial charge in [-0.3, -0.25) is 4.79 Å². The third-order valence-electron chi connectivity index (χ3n) is 3.83. The first kappa shape index (κ1) is 13.7. The highest BCUT2D eigenvalue weighted by atomic mass is 32.1. The molecule has 1 saturated carbocycles. The summed E-state index contributed by atoms with van der Waals surface area (Å²) < 4.78 is 5.62. The minimum absolute atomic E-state index is 0.200. The SMILES string of the molecule is COC1(C(=O)Cc2nc(C)cs2)CCCC(C)C1. The highest BCUT2D eigenvalue weighted by molar-refractivity contribution is 7.09. The predicted molar refractivity (Wildman–Crippen MR) is 72.9 cm³/mol.